The second-order valence-electron chi connectivity index (χ2n) is 4.74. The van der Waals surface area contributed by atoms with Crippen molar-refractivity contribution in [3.05, 3.63) is 0 Å². The summed E-state index contributed by atoms with van der Waals surface area (Å²) in [7, 11) is 2.13. The smallest absolute Gasteiger partial charge is 0.193 e. The Morgan fingerprint density at radius 1 is 1.38 bits per heavy atom. The maximum atomic E-state index is 4.68. The van der Waals surface area contributed by atoms with Gasteiger partial charge in [0.15, 0.2) is 5.96 Å². The third-order valence-corrected chi connectivity index (χ3v) is 3.04. The molecule has 94 valence electrons. The van der Waals surface area contributed by atoms with E-state index in [1.165, 1.54) is 32.1 Å². The third kappa shape index (κ3) is 5.38. The average molecular weight is 225 g/mol. The molecular formula is C13H27N3. The van der Waals surface area contributed by atoms with Gasteiger partial charge in [-0.3, -0.25) is 4.99 Å². The largest absolute Gasteiger partial charge is 0.357 e. The number of hydrogen-bond acceptors (Lipinski definition) is 1. The van der Waals surface area contributed by atoms with Gasteiger partial charge in [0, 0.05) is 26.7 Å². The molecule has 0 saturated heterocycles. The number of rotatable bonds is 7. The lowest BCUT2D eigenvalue weighted by atomic mass is 10.3. The highest BCUT2D eigenvalue weighted by Gasteiger charge is 2.20. The van der Waals surface area contributed by atoms with Gasteiger partial charge in [0.25, 0.3) is 0 Å². The zero-order chi connectivity index (χ0) is 11.8. The Morgan fingerprint density at radius 3 is 2.69 bits per heavy atom. The molecule has 0 bridgehead atoms. The van der Waals surface area contributed by atoms with Crippen LogP contribution in [0.3, 0.4) is 0 Å². The lowest BCUT2D eigenvalue weighted by Gasteiger charge is -2.21. The highest BCUT2D eigenvalue weighted by molar-refractivity contribution is 5.79. The van der Waals surface area contributed by atoms with Crippen molar-refractivity contribution in [1.82, 2.24) is 10.2 Å². The van der Waals surface area contributed by atoms with E-state index in [0.29, 0.717) is 0 Å². The second kappa shape index (κ2) is 7.53. The van der Waals surface area contributed by atoms with E-state index >= 15 is 0 Å². The summed E-state index contributed by atoms with van der Waals surface area (Å²) in [5.74, 6) is 2.06. The number of nitrogens with zero attached hydrogens (tertiary/aromatic N) is 2. The Kier molecular flexibility index (Phi) is 6.27. The van der Waals surface area contributed by atoms with Crippen molar-refractivity contribution in [2.24, 2.45) is 10.9 Å². The van der Waals surface area contributed by atoms with Crippen LogP contribution in [0.2, 0.25) is 0 Å². The minimum atomic E-state index is 0.957. The van der Waals surface area contributed by atoms with Crippen molar-refractivity contribution in [3.8, 4) is 0 Å². The van der Waals surface area contributed by atoms with Crippen LogP contribution in [0.1, 0.15) is 46.0 Å². The van der Waals surface area contributed by atoms with Gasteiger partial charge in [-0.25, -0.2) is 0 Å². The normalized spacial score (nSPS) is 16.3. The van der Waals surface area contributed by atoms with Crippen LogP contribution in [0.15, 0.2) is 4.99 Å². The van der Waals surface area contributed by atoms with Crippen LogP contribution in [0.5, 0.6) is 0 Å². The summed E-state index contributed by atoms with van der Waals surface area (Å²) in [6.45, 7) is 7.41. The first-order valence-electron chi connectivity index (χ1n) is 6.77. The Bertz CT molecular complexity index is 209. The molecule has 0 heterocycles. The lowest BCUT2D eigenvalue weighted by molar-refractivity contribution is 0.464. The van der Waals surface area contributed by atoms with Crippen LogP contribution in [0, 0.1) is 5.92 Å². The number of unbranched alkanes of at least 4 members (excludes halogenated alkanes) is 1. The summed E-state index contributed by atoms with van der Waals surface area (Å²) in [4.78, 5) is 6.93. The fourth-order valence-corrected chi connectivity index (χ4v) is 1.73. The van der Waals surface area contributed by atoms with Crippen molar-refractivity contribution in [2.45, 2.75) is 46.0 Å². The van der Waals surface area contributed by atoms with Crippen molar-refractivity contribution in [1.29, 1.82) is 0 Å². The van der Waals surface area contributed by atoms with Gasteiger partial charge in [-0.15, -0.1) is 0 Å². The van der Waals surface area contributed by atoms with E-state index in [9.17, 15) is 0 Å². The first-order valence-corrected chi connectivity index (χ1v) is 6.77. The molecule has 3 nitrogen and oxygen atoms in total. The molecule has 0 atom stereocenters. The summed E-state index contributed by atoms with van der Waals surface area (Å²) >= 11 is 0. The number of guanidine groups is 1. The van der Waals surface area contributed by atoms with Crippen LogP contribution >= 0.6 is 0 Å². The zero-order valence-electron chi connectivity index (χ0n) is 11.1. The van der Waals surface area contributed by atoms with Gasteiger partial charge < -0.3 is 10.2 Å². The van der Waals surface area contributed by atoms with Crippen molar-refractivity contribution < 1.29 is 0 Å². The first-order chi connectivity index (χ1) is 7.77. The number of aliphatic imine (C=N–C) groups is 1. The molecule has 0 aromatic heterocycles. The molecule has 3 heteroatoms. The van der Waals surface area contributed by atoms with E-state index in [-0.39, 0.29) is 0 Å². The maximum absolute atomic E-state index is 4.68. The molecule has 0 aromatic rings. The van der Waals surface area contributed by atoms with Crippen LogP contribution in [-0.2, 0) is 0 Å². The molecule has 0 aromatic carbocycles. The van der Waals surface area contributed by atoms with Crippen molar-refractivity contribution in [2.75, 3.05) is 26.7 Å². The lowest BCUT2D eigenvalue weighted by Crippen LogP contribution is -2.39. The van der Waals surface area contributed by atoms with Crippen LogP contribution < -0.4 is 5.32 Å². The molecule has 1 rings (SSSR count). The Morgan fingerprint density at radius 2 is 2.12 bits per heavy atom. The summed E-state index contributed by atoms with van der Waals surface area (Å²) < 4.78 is 0. The molecule has 0 amide bonds. The molecular weight excluding hydrogens is 198 g/mol. The molecule has 0 spiro atoms. The second-order valence-corrected chi connectivity index (χ2v) is 4.74. The van der Waals surface area contributed by atoms with E-state index in [4.69, 9.17) is 0 Å². The molecule has 1 saturated carbocycles. The van der Waals surface area contributed by atoms with E-state index < -0.39 is 0 Å². The van der Waals surface area contributed by atoms with E-state index in [1.807, 2.05) is 0 Å². The van der Waals surface area contributed by atoms with Crippen molar-refractivity contribution >= 4 is 5.96 Å². The summed E-state index contributed by atoms with van der Waals surface area (Å²) in [5, 5.41) is 3.36. The fourth-order valence-electron chi connectivity index (χ4n) is 1.73. The van der Waals surface area contributed by atoms with Gasteiger partial charge in [0.05, 0.1) is 0 Å². The Balaban J connectivity index is 2.30. The molecule has 0 radical (unpaired) electrons. The predicted octanol–water partition coefficient (Wildman–Crippen LogP) is 2.48. The highest BCUT2D eigenvalue weighted by Crippen LogP contribution is 2.32. The fraction of sp³-hybridized carbons (Fsp3) is 0.923. The minimum absolute atomic E-state index is 0.957. The zero-order valence-corrected chi connectivity index (χ0v) is 11.1. The van der Waals surface area contributed by atoms with E-state index in [0.717, 1.165) is 31.5 Å². The SMILES string of the molecule is CCCCN(C)C(=NCCC1CC1)NCC. The summed E-state index contributed by atoms with van der Waals surface area (Å²) in [6, 6.07) is 0. The van der Waals surface area contributed by atoms with Gasteiger partial charge in [0.1, 0.15) is 0 Å². The minimum Gasteiger partial charge on any atom is -0.357 e. The average Bonchev–Trinajstić information content (AvgIpc) is 3.08. The highest BCUT2D eigenvalue weighted by atomic mass is 15.3. The molecule has 1 aliphatic carbocycles. The first kappa shape index (κ1) is 13.3. The molecule has 1 fully saturated rings. The molecule has 1 N–H and O–H groups in total. The van der Waals surface area contributed by atoms with Gasteiger partial charge >= 0.3 is 0 Å². The molecule has 0 aliphatic heterocycles. The van der Waals surface area contributed by atoms with Gasteiger partial charge in [0.2, 0.25) is 0 Å². The van der Waals surface area contributed by atoms with Crippen LogP contribution in [0.25, 0.3) is 0 Å². The third-order valence-electron chi connectivity index (χ3n) is 3.04. The standard InChI is InChI=1S/C13H27N3/c1-4-6-11-16(3)13(14-5-2)15-10-9-12-7-8-12/h12H,4-11H2,1-3H3,(H,14,15). The number of nitrogens with one attached hydrogen (secondary N) is 1. The predicted molar refractivity (Wildman–Crippen MR) is 70.9 cm³/mol. The van der Waals surface area contributed by atoms with E-state index in [1.54, 1.807) is 0 Å². The van der Waals surface area contributed by atoms with Crippen molar-refractivity contribution in [3.63, 3.8) is 0 Å². The maximum Gasteiger partial charge on any atom is 0.193 e. The number of hydrogen-bond donors (Lipinski definition) is 1. The van der Waals surface area contributed by atoms with Gasteiger partial charge in [-0.05, 0) is 25.7 Å². The van der Waals surface area contributed by atoms with E-state index in [2.05, 4.69) is 36.1 Å². The molecule has 0 unspecified atom stereocenters. The van der Waals surface area contributed by atoms with Crippen LogP contribution in [0.4, 0.5) is 0 Å². The van der Waals surface area contributed by atoms with Gasteiger partial charge in [-0.2, -0.15) is 0 Å². The van der Waals surface area contributed by atoms with Crippen LogP contribution in [-0.4, -0.2) is 37.5 Å². The Labute approximate surface area is 100 Å². The monoisotopic (exact) mass is 225 g/mol. The topological polar surface area (TPSA) is 27.6 Å². The summed E-state index contributed by atoms with van der Waals surface area (Å²) in [6.07, 6.45) is 6.61. The van der Waals surface area contributed by atoms with Gasteiger partial charge in [-0.1, -0.05) is 26.2 Å². The summed E-state index contributed by atoms with van der Waals surface area (Å²) in [5.41, 5.74) is 0. The quantitative estimate of drug-likeness (QED) is 0.532. The molecule has 16 heavy (non-hydrogen) atoms. The Hall–Kier alpha value is -0.730. The molecule has 1 aliphatic rings.